The highest BCUT2D eigenvalue weighted by Gasteiger charge is 2.14. The molecule has 144 valence electrons. The van der Waals surface area contributed by atoms with Crippen LogP contribution in [0.2, 0.25) is 0 Å². The van der Waals surface area contributed by atoms with E-state index < -0.39 is 0 Å². The molecule has 3 rings (SSSR count). The molecule has 0 radical (unpaired) electrons. The van der Waals surface area contributed by atoms with E-state index >= 15 is 0 Å². The lowest BCUT2D eigenvalue weighted by Gasteiger charge is -2.15. The van der Waals surface area contributed by atoms with E-state index in [-0.39, 0.29) is 11.9 Å². The Kier molecular flexibility index (Phi) is 6.04. The summed E-state index contributed by atoms with van der Waals surface area (Å²) in [6, 6.07) is 17.1. The first kappa shape index (κ1) is 19.5. The third-order valence-corrected chi connectivity index (χ3v) is 4.45. The number of carbonyl (C=O) groups is 1. The maximum Gasteiger partial charge on any atom is 0.251 e. The van der Waals surface area contributed by atoms with Crippen LogP contribution in [-0.4, -0.2) is 29.0 Å². The molecule has 3 aromatic rings. The SMILES string of the molecule is COc1ccc(C)nc1-c1cccc(C(=O)N[C@@H](C)Cc2cccc(C)n2)c1. The summed E-state index contributed by atoms with van der Waals surface area (Å²) < 4.78 is 5.43. The molecule has 0 aliphatic rings. The van der Waals surface area contributed by atoms with Gasteiger partial charge in [-0.05, 0) is 57.2 Å². The molecular weight excluding hydrogens is 350 g/mol. The van der Waals surface area contributed by atoms with Crippen molar-refractivity contribution < 1.29 is 9.53 Å². The highest BCUT2D eigenvalue weighted by molar-refractivity contribution is 5.95. The van der Waals surface area contributed by atoms with E-state index in [4.69, 9.17) is 4.74 Å². The predicted molar refractivity (Wildman–Crippen MR) is 111 cm³/mol. The summed E-state index contributed by atoms with van der Waals surface area (Å²) in [5, 5.41) is 3.05. The first-order valence-corrected chi connectivity index (χ1v) is 9.31. The van der Waals surface area contributed by atoms with Crippen LogP contribution in [0.15, 0.2) is 54.6 Å². The fraction of sp³-hybridized carbons (Fsp3) is 0.261. The van der Waals surface area contributed by atoms with Crippen molar-refractivity contribution in [3.8, 4) is 17.0 Å². The molecule has 1 aromatic carbocycles. The van der Waals surface area contributed by atoms with Crippen LogP contribution in [0.4, 0.5) is 0 Å². The third-order valence-electron chi connectivity index (χ3n) is 4.45. The van der Waals surface area contributed by atoms with Crippen LogP contribution in [-0.2, 0) is 6.42 Å². The second-order valence-electron chi connectivity index (χ2n) is 6.93. The number of carbonyl (C=O) groups excluding carboxylic acids is 1. The van der Waals surface area contributed by atoms with Gasteiger partial charge in [0, 0.05) is 40.7 Å². The molecule has 0 saturated heterocycles. The molecule has 0 spiro atoms. The van der Waals surface area contributed by atoms with Crippen molar-refractivity contribution in [2.45, 2.75) is 33.2 Å². The standard InChI is InChI=1S/C23H25N3O2/c1-15-7-5-10-20(24-15)13-17(3)26-23(27)19-9-6-8-18(14-19)22-21(28-4)12-11-16(2)25-22/h5-12,14,17H,13H2,1-4H3,(H,26,27)/t17-/m0/s1. The van der Waals surface area contributed by atoms with Crippen LogP contribution in [0.25, 0.3) is 11.3 Å². The molecule has 0 unspecified atom stereocenters. The number of amides is 1. The highest BCUT2D eigenvalue weighted by atomic mass is 16.5. The van der Waals surface area contributed by atoms with Crippen molar-refractivity contribution in [2.24, 2.45) is 0 Å². The molecule has 0 aliphatic carbocycles. The smallest absolute Gasteiger partial charge is 0.251 e. The van der Waals surface area contributed by atoms with Crippen LogP contribution >= 0.6 is 0 Å². The van der Waals surface area contributed by atoms with E-state index in [1.54, 1.807) is 13.2 Å². The van der Waals surface area contributed by atoms with Gasteiger partial charge in [0.1, 0.15) is 11.4 Å². The average molecular weight is 375 g/mol. The lowest BCUT2D eigenvalue weighted by atomic mass is 10.1. The molecule has 2 aromatic heterocycles. The van der Waals surface area contributed by atoms with Gasteiger partial charge in [-0.25, -0.2) is 4.98 Å². The fourth-order valence-electron chi connectivity index (χ4n) is 3.11. The van der Waals surface area contributed by atoms with Gasteiger partial charge in [-0.1, -0.05) is 18.2 Å². The van der Waals surface area contributed by atoms with Crippen molar-refractivity contribution in [2.75, 3.05) is 7.11 Å². The number of nitrogens with zero attached hydrogens (tertiary/aromatic N) is 2. The molecule has 5 heteroatoms. The Morgan fingerprint density at radius 3 is 2.54 bits per heavy atom. The molecule has 0 aliphatic heterocycles. The summed E-state index contributed by atoms with van der Waals surface area (Å²) in [7, 11) is 1.62. The van der Waals surface area contributed by atoms with Gasteiger partial charge in [-0.2, -0.15) is 0 Å². The normalized spacial score (nSPS) is 11.7. The second kappa shape index (κ2) is 8.65. The molecule has 2 heterocycles. The van der Waals surface area contributed by atoms with Crippen molar-refractivity contribution in [1.82, 2.24) is 15.3 Å². The fourth-order valence-corrected chi connectivity index (χ4v) is 3.11. The van der Waals surface area contributed by atoms with Crippen LogP contribution in [0.3, 0.4) is 0 Å². The number of rotatable bonds is 6. The number of pyridine rings is 2. The van der Waals surface area contributed by atoms with Crippen molar-refractivity contribution >= 4 is 5.91 Å². The largest absolute Gasteiger partial charge is 0.494 e. The van der Waals surface area contributed by atoms with E-state index in [0.717, 1.165) is 28.3 Å². The van der Waals surface area contributed by atoms with Gasteiger partial charge in [0.2, 0.25) is 0 Å². The van der Waals surface area contributed by atoms with Crippen molar-refractivity contribution in [1.29, 1.82) is 0 Å². The van der Waals surface area contributed by atoms with E-state index in [1.165, 1.54) is 0 Å². The molecule has 1 amide bonds. The van der Waals surface area contributed by atoms with Gasteiger partial charge in [0.05, 0.1) is 7.11 Å². The maximum atomic E-state index is 12.7. The first-order chi connectivity index (χ1) is 13.5. The molecule has 1 N–H and O–H groups in total. The van der Waals surface area contributed by atoms with Crippen LogP contribution < -0.4 is 10.1 Å². The quantitative estimate of drug-likeness (QED) is 0.704. The number of methoxy groups -OCH3 is 1. The maximum absolute atomic E-state index is 12.7. The van der Waals surface area contributed by atoms with Crippen LogP contribution in [0.5, 0.6) is 5.75 Å². The first-order valence-electron chi connectivity index (χ1n) is 9.31. The van der Waals surface area contributed by atoms with Gasteiger partial charge in [-0.3, -0.25) is 9.78 Å². The number of ether oxygens (including phenoxy) is 1. The summed E-state index contributed by atoms with van der Waals surface area (Å²) in [4.78, 5) is 21.8. The minimum atomic E-state index is -0.117. The Hall–Kier alpha value is -3.21. The van der Waals surface area contributed by atoms with E-state index in [1.807, 2.05) is 69.3 Å². The van der Waals surface area contributed by atoms with E-state index in [2.05, 4.69) is 15.3 Å². The lowest BCUT2D eigenvalue weighted by Crippen LogP contribution is -2.34. The minimum absolute atomic E-state index is 0.0305. The van der Waals surface area contributed by atoms with Crippen molar-refractivity contribution in [3.63, 3.8) is 0 Å². The zero-order valence-corrected chi connectivity index (χ0v) is 16.7. The summed E-state index contributed by atoms with van der Waals surface area (Å²) in [6.07, 6.45) is 0.681. The van der Waals surface area contributed by atoms with Gasteiger partial charge in [0.25, 0.3) is 5.91 Å². The number of aromatic nitrogens is 2. The number of benzene rings is 1. The highest BCUT2D eigenvalue weighted by Crippen LogP contribution is 2.28. The Labute approximate surface area is 165 Å². The molecule has 0 bridgehead atoms. The average Bonchev–Trinajstić information content (AvgIpc) is 2.68. The number of hydrogen-bond donors (Lipinski definition) is 1. The second-order valence-corrected chi connectivity index (χ2v) is 6.93. The number of hydrogen-bond acceptors (Lipinski definition) is 4. The van der Waals surface area contributed by atoms with Crippen LogP contribution in [0.1, 0.15) is 34.4 Å². The Morgan fingerprint density at radius 1 is 1.04 bits per heavy atom. The molecule has 28 heavy (non-hydrogen) atoms. The van der Waals surface area contributed by atoms with Gasteiger partial charge >= 0.3 is 0 Å². The van der Waals surface area contributed by atoms with E-state index in [9.17, 15) is 4.79 Å². The molecule has 1 atom stereocenters. The van der Waals surface area contributed by atoms with Gasteiger partial charge in [-0.15, -0.1) is 0 Å². The minimum Gasteiger partial charge on any atom is -0.494 e. The summed E-state index contributed by atoms with van der Waals surface area (Å²) >= 11 is 0. The van der Waals surface area contributed by atoms with Gasteiger partial charge < -0.3 is 10.1 Å². The summed E-state index contributed by atoms with van der Waals surface area (Å²) in [5.74, 6) is 0.565. The lowest BCUT2D eigenvalue weighted by molar-refractivity contribution is 0.0940. The third kappa shape index (κ3) is 4.74. The molecule has 0 saturated carbocycles. The van der Waals surface area contributed by atoms with Crippen molar-refractivity contribution in [3.05, 3.63) is 77.2 Å². The Bertz CT molecular complexity index is 985. The zero-order chi connectivity index (χ0) is 20.1. The van der Waals surface area contributed by atoms with E-state index in [0.29, 0.717) is 17.7 Å². The number of aryl methyl sites for hydroxylation is 2. The molecule has 0 fully saturated rings. The molecule has 5 nitrogen and oxygen atoms in total. The Morgan fingerprint density at radius 2 is 1.79 bits per heavy atom. The zero-order valence-electron chi connectivity index (χ0n) is 16.7. The monoisotopic (exact) mass is 375 g/mol. The van der Waals surface area contributed by atoms with Crippen LogP contribution in [0, 0.1) is 13.8 Å². The summed E-state index contributed by atoms with van der Waals surface area (Å²) in [5.41, 5.74) is 5.01. The van der Waals surface area contributed by atoms with Gasteiger partial charge in [0.15, 0.2) is 0 Å². The Balaban J connectivity index is 1.76. The predicted octanol–water partition coefficient (Wildman–Crippen LogP) is 4.13. The summed E-state index contributed by atoms with van der Waals surface area (Å²) in [6.45, 7) is 5.88. The topological polar surface area (TPSA) is 64.1 Å². The molecular formula is C23H25N3O2. The number of nitrogens with one attached hydrogen (secondary N) is 1.